The van der Waals surface area contributed by atoms with Gasteiger partial charge in [0.1, 0.15) is 11.6 Å². The molecule has 2 heterocycles. The Kier molecular flexibility index (Phi) is 3.39. The number of aryl methyl sites for hydroxylation is 1. The summed E-state index contributed by atoms with van der Waals surface area (Å²) in [6, 6.07) is 2.30. The molecule has 4 heteroatoms. The van der Waals surface area contributed by atoms with E-state index in [1.807, 2.05) is 19.2 Å². The number of rotatable bonds is 2. The second-order valence-electron chi connectivity index (χ2n) is 4.65. The van der Waals surface area contributed by atoms with Gasteiger partial charge in [-0.2, -0.15) is 0 Å². The standard InChI is InChI=1S/C12H20N4/c1-9(13)11-4-7-16(8-5-11)12-3-6-14-10(2)15-12/h3,6,9,11H,4-5,7-8,13H2,1-2H3. The summed E-state index contributed by atoms with van der Waals surface area (Å²) in [5.74, 6) is 2.56. The fourth-order valence-electron chi connectivity index (χ4n) is 2.27. The molecule has 1 aliphatic rings. The van der Waals surface area contributed by atoms with Crippen molar-refractivity contribution < 1.29 is 0 Å². The van der Waals surface area contributed by atoms with Crippen LogP contribution in [0.5, 0.6) is 0 Å². The zero-order chi connectivity index (χ0) is 11.5. The molecule has 1 fully saturated rings. The molecule has 0 aromatic carbocycles. The van der Waals surface area contributed by atoms with Gasteiger partial charge < -0.3 is 10.6 Å². The van der Waals surface area contributed by atoms with E-state index in [0.29, 0.717) is 12.0 Å². The van der Waals surface area contributed by atoms with Crippen LogP contribution < -0.4 is 10.6 Å². The van der Waals surface area contributed by atoms with Crippen molar-refractivity contribution >= 4 is 5.82 Å². The number of hydrogen-bond acceptors (Lipinski definition) is 4. The molecule has 0 saturated carbocycles. The van der Waals surface area contributed by atoms with Gasteiger partial charge in [0.2, 0.25) is 0 Å². The number of anilines is 1. The van der Waals surface area contributed by atoms with Gasteiger partial charge in [-0.25, -0.2) is 9.97 Å². The Morgan fingerprint density at radius 3 is 2.69 bits per heavy atom. The molecule has 16 heavy (non-hydrogen) atoms. The molecular weight excluding hydrogens is 200 g/mol. The normalized spacial score (nSPS) is 19.8. The number of nitrogens with two attached hydrogens (primary N) is 1. The van der Waals surface area contributed by atoms with Gasteiger partial charge in [0, 0.05) is 25.3 Å². The average molecular weight is 220 g/mol. The molecule has 2 rings (SSSR count). The summed E-state index contributed by atoms with van der Waals surface area (Å²) >= 11 is 0. The molecule has 2 N–H and O–H groups in total. The van der Waals surface area contributed by atoms with Gasteiger partial charge in [-0.15, -0.1) is 0 Å². The van der Waals surface area contributed by atoms with E-state index in [4.69, 9.17) is 5.73 Å². The van der Waals surface area contributed by atoms with E-state index < -0.39 is 0 Å². The van der Waals surface area contributed by atoms with Gasteiger partial charge in [-0.3, -0.25) is 0 Å². The van der Waals surface area contributed by atoms with Crippen molar-refractivity contribution in [1.82, 2.24) is 9.97 Å². The van der Waals surface area contributed by atoms with Crippen LogP contribution in [0.25, 0.3) is 0 Å². The average Bonchev–Trinajstić information content (AvgIpc) is 2.29. The maximum absolute atomic E-state index is 5.93. The fourth-order valence-corrected chi connectivity index (χ4v) is 2.27. The van der Waals surface area contributed by atoms with Crippen molar-refractivity contribution in [2.75, 3.05) is 18.0 Å². The molecule has 0 aliphatic carbocycles. The van der Waals surface area contributed by atoms with Gasteiger partial charge in [-0.1, -0.05) is 0 Å². The third kappa shape index (κ3) is 2.50. The molecule has 4 nitrogen and oxygen atoms in total. The van der Waals surface area contributed by atoms with Crippen LogP contribution in [0.4, 0.5) is 5.82 Å². The lowest BCUT2D eigenvalue weighted by atomic mass is 9.91. The maximum atomic E-state index is 5.93. The topological polar surface area (TPSA) is 55.0 Å². The maximum Gasteiger partial charge on any atom is 0.132 e. The first-order valence-corrected chi connectivity index (χ1v) is 5.97. The van der Waals surface area contributed by atoms with Crippen LogP contribution in [0.3, 0.4) is 0 Å². The number of nitrogens with zero attached hydrogens (tertiary/aromatic N) is 3. The number of aromatic nitrogens is 2. The fraction of sp³-hybridized carbons (Fsp3) is 0.667. The molecule has 1 saturated heterocycles. The molecule has 0 spiro atoms. The summed E-state index contributed by atoms with van der Waals surface area (Å²) < 4.78 is 0. The van der Waals surface area contributed by atoms with Crippen LogP contribution in [0.1, 0.15) is 25.6 Å². The Labute approximate surface area is 96.9 Å². The van der Waals surface area contributed by atoms with E-state index in [9.17, 15) is 0 Å². The Morgan fingerprint density at radius 1 is 1.44 bits per heavy atom. The first-order chi connectivity index (χ1) is 7.66. The quantitative estimate of drug-likeness (QED) is 0.817. The van der Waals surface area contributed by atoms with Crippen LogP contribution in [-0.4, -0.2) is 29.1 Å². The molecule has 0 radical (unpaired) electrons. The molecule has 1 aliphatic heterocycles. The molecule has 1 atom stereocenters. The Bertz CT molecular complexity index is 343. The van der Waals surface area contributed by atoms with E-state index >= 15 is 0 Å². The van der Waals surface area contributed by atoms with Crippen molar-refractivity contribution in [2.45, 2.75) is 32.7 Å². The van der Waals surface area contributed by atoms with Gasteiger partial charge >= 0.3 is 0 Å². The highest BCUT2D eigenvalue weighted by Gasteiger charge is 2.22. The van der Waals surface area contributed by atoms with Crippen LogP contribution in [0.2, 0.25) is 0 Å². The van der Waals surface area contributed by atoms with E-state index in [0.717, 1.165) is 24.7 Å². The summed E-state index contributed by atoms with van der Waals surface area (Å²) in [6.07, 6.45) is 4.16. The minimum absolute atomic E-state index is 0.314. The Morgan fingerprint density at radius 2 is 2.12 bits per heavy atom. The van der Waals surface area contributed by atoms with Gasteiger partial charge in [-0.05, 0) is 38.7 Å². The highest BCUT2D eigenvalue weighted by Crippen LogP contribution is 2.22. The smallest absolute Gasteiger partial charge is 0.132 e. The minimum Gasteiger partial charge on any atom is -0.356 e. The van der Waals surface area contributed by atoms with Crippen LogP contribution in [0, 0.1) is 12.8 Å². The number of piperidine rings is 1. The van der Waals surface area contributed by atoms with Crippen molar-refractivity contribution in [3.63, 3.8) is 0 Å². The second-order valence-corrected chi connectivity index (χ2v) is 4.65. The largest absolute Gasteiger partial charge is 0.356 e. The SMILES string of the molecule is Cc1nccc(N2CCC(C(C)N)CC2)n1. The molecule has 88 valence electrons. The van der Waals surface area contributed by atoms with E-state index in [1.54, 1.807) is 0 Å². The first-order valence-electron chi connectivity index (χ1n) is 5.97. The molecule has 0 bridgehead atoms. The lowest BCUT2D eigenvalue weighted by Gasteiger charge is -2.34. The first kappa shape index (κ1) is 11.3. The summed E-state index contributed by atoms with van der Waals surface area (Å²) in [5.41, 5.74) is 5.93. The molecular formula is C12H20N4. The van der Waals surface area contributed by atoms with Crippen molar-refractivity contribution in [1.29, 1.82) is 0 Å². The summed E-state index contributed by atoms with van der Waals surface area (Å²) in [5, 5.41) is 0. The monoisotopic (exact) mass is 220 g/mol. The third-order valence-corrected chi connectivity index (χ3v) is 3.37. The van der Waals surface area contributed by atoms with Crippen molar-refractivity contribution in [3.05, 3.63) is 18.1 Å². The lowest BCUT2D eigenvalue weighted by Crippen LogP contribution is -2.40. The summed E-state index contributed by atoms with van der Waals surface area (Å²) in [6.45, 7) is 6.15. The summed E-state index contributed by atoms with van der Waals surface area (Å²) in [4.78, 5) is 10.9. The Hall–Kier alpha value is -1.16. The summed E-state index contributed by atoms with van der Waals surface area (Å²) in [7, 11) is 0. The second kappa shape index (κ2) is 4.78. The highest BCUT2D eigenvalue weighted by molar-refractivity contribution is 5.37. The van der Waals surface area contributed by atoms with Crippen LogP contribution in [0.15, 0.2) is 12.3 Å². The van der Waals surface area contributed by atoms with Crippen LogP contribution in [-0.2, 0) is 0 Å². The molecule has 0 amide bonds. The van der Waals surface area contributed by atoms with Crippen molar-refractivity contribution in [3.8, 4) is 0 Å². The molecule has 1 unspecified atom stereocenters. The predicted molar refractivity (Wildman–Crippen MR) is 65.4 cm³/mol. The third-order valence-electron chi connectivity index (χ3n) is 3.37. The van der Waals surface area contributed by atoms with Gasteiger partial charge in [0.05, 0.1) is 0 Å². The zero-order valence-electron chi connectivity index (χ0n) is 10.1. The van der Waals surface area contributed by atoms with Crippen LogP contribution >= 0.6 is 0 Å². The van der Waals surface area contributed by atoms with Gasteiger partial charge in [0.25, 0.3) is 0 Å². The number of hydrogen-bond donors (Lipinski definition) is 1. The minimum atomic E-state index is 0.314. The van der Waals surface area contributed by atoms with E-state index in [2.05, 4.69) is 21.8 Å². The molecule has 1 aromatic rings. The van der Waals surface area contributed by atoms with E-state index in [1.165, 1.54) is 12.8 Å². The molecule has 1 aromatic heterocycles. The Balaban J connectivity index is 1.99. The lowest BCUT2D eigenvalue weighted by molar-refractivity contribution is 0.353. The zero-order valence-corrected chi connectivity index (χ0v) is 10.1. The highest BCUT2D eigenvalue weighted by atomic mass is 15.2. The van der Waals surface area contributed by atoms with E-state index in [-0.39, 0.29) is 0 Å². The van der Waals surface area contributed by atoms with Crippen molar-refractivity contribution in [2.24, 2.45) is 11.7 Å². The van der Waals surface area contributed by atoms with Gasteiger partial charge in [0.15, 0.2) is 0 Å². The predicted octanol–water partition coefficient (Wildman–Crippen LogP) is 1.35.